The average Bonchev–Trinajstić information content (AvgIpc) is 2.31. The van der Waals surface area contributed by atoms with E-state index in [9.17, 15) is 0 Å². The van der Waals surface area contributed by atoms with Gasteiger partial charge < -0.3 is 10.2 Å². The van der Waals surface area contributed by atoms with Crippen LogP contribution >= 0.6 is 11.6 Å². The number of hydrogen-bond donors (Lipinski definition) is 1. The summed E-state index contributed by atoms with van der Waals surface area (Å²) in [5, 5.41) is 4.71. The predicted molar refractivity (Wildman–Crippen MR) is 92.1 cm³/mol. The zero-order chi connectivity index (χ0) is 15.4. The van der Waals surface area contributed by atoms with Crippen molar-refractivity contribution in [1.29, 1.82) is 0 Å². The summed E-state index contributed by atoms with van der Waals surface area (Å²) in [5.74, 6) is 1.42. The third-order valence-electron chi connectivity index (χ3n) is 4.27. The molecule has 1 aliphatic rings. The third kappa shape index (κ3) is 5.28. The Morgan fingerprint density at radius 1 is 1.29 bits per heavy atom. The topological polar surface area (TPSA) is 15.3 Å². The van der Waals surface area contributed by atoms with E-state index in [0.717, 1.165) is 17.5 Å². The van der Waals surface area contributed by atoms with Crippen LogP contribution in [-0.4, -0.2) is 37.6 Å². The quantitative estimate of drug-likeness (QED) is 0.814. The Balaban J connectivity index is 1.82. The number of nitrogens with one attached hydrogen (secondary N) is 1. The maximum atomic E-state index is 6.08. The van der Waals surface area contributed by atoms with Crippen molar-refractivity contribution in [3.8, 4) is 0 Å². The Labute approximate surface area is 134 Å². The average molecular weight is 309 g/mol. The molecule has 0 bridgehead atoms. The van der Waals surface area contributed by atoms with Gasteiger partial charge in [0.25, 0.3) is 0 Å². The van der Waals surface area contributed by atoms with Crippen LogP contribution in [0, 0.1) is 5.92 Å². The van der Waals surface area contributed by atoms with Crippen LogP contribution in [0.4, 0.5) is 0 Å². The van der Waals surface area contributed by atoms with Gasteiger partial charge in [0.2, 0.25) is 0 Å². The second kappa shape index (κ2) is 7.62. The molecule has 0 spiro atoms. The highest BCUT2D eigenvalue weighted by molar-refractivity contribution is 6.30. The zero-order valence-corrected chi connectivity index (χ0v) is 14.5. The summed E-state index contributed by atoms with van der Waals surface area (Å²) in [7, 11) is 4.31. The smallest absolute Gasteiger partial charge is 0.0408 e. The number of benzene rings is 1. The fourth-order valence-electron chi connectivity index (χ4n) is 3.33. The minimum Gasteiger partial charge on any atom is -0.310 e. The first-order valence-corrected chi connectivity index (χ1v) is 8.48. The van der Waals surface area contributed by atoms with Crippen LogP contribution in [0.3, 0.4) is 0 Å². The molecule has 1 aromatic rings. The monoisotopic (exact) mass is 308 g/mol. The molecule has 0 aromatic heterocycles. The van der Waals surface area contributed by atoms with Crippen molar-refractivity contribution in [1.82, 2.24) is 10.2 Å². The second-order valence-corrected chi connectivity index (χ2v) is 7.61. The second-order valence-electron chi connectivity index (χ2n) is 7.18. The van der Waals surface area contributed by atoms with Crippen LogP contribution in [0.15, 0.2) is 24.3 Å². The fourth-order valence-corrected chi connectivity index (χ4v) is 3.52. The van der Waals surface area contributed by atoms with E-state index in [-0.39, 0.29) is 0 Å². The molecular formula is C18H29ClN2. The van der Waals surface area contributed by atoms with Crippen molar-refractivity contribution >= 4 is 11.6 Å². The predicted octanol–water partition coefficient (Wildman–Crippen LogP) is 4.15. The summed E-state index contributed by atoms with van der Waals surface area (Å²) in [6, 6.07) is 9.61. The Hall–Kier alpha value is -0.570. The van der Waals surface area contributed by atoms with E-state index in [0.29, 0.717) is 18.0 Å². The Kier molecular flexibility index (Phi) is 6.09. The van der Waals surface area contributed by atoms with Crippen molar-refractivity contribution in [2.75, 3.05) is 20.6 Å². The SMILES string of the molecule is CC(C)CC(CN(C)C)NC1CC(c2cccc(Cl)c2)C1. The number of hydrogen-bond acceptors (Lipinski definition) is 2. The minimum atomic E-state index is 0.602. The van der Waals surface area contributed by atoms with Gasteiger partial charge in [-0.15, -0.1) is 0 Å². The van der Waals surface area contributed by atoms with E-state index in [1.807, 2.05) is 6.07 Å². The summed E-state index contributed by atoms with van der Waals surface area (Å²) in [6.45, 7) is 5.73. The molecule has 2 nitrogen and oxygen atoms in total. The number of nitrogens with zero attached hydrogens (tertiary/aromatic N) is 1. The molecule has 1 unspecified atom stereocenters. The highest BCUT2D eigenvalue weighted by Gasteiger charge is 2.31. The van der Waals surface area contributed by atoms with Gasteiger partial charge in [-0.1, -0.05) is 37.6 Å². The lowest BCUT2D eigenvalue weighted by Crippen LogP contribution is -2.49. The minimum absolute atomic E-state index is 0.602. The molecule has 118 valence electrons. The molecule has 0 aliphatic heterocycles. The summed E-state index contributed by atoms with van der Waals surface area (Å²) < 4.78 is 0. The van der Waals surface area contributed by atoms with E-state index in [1.165, 1.54) is 24.8 Å². The van der Waals surface area contributed by atoms with Crippen molar-refractivity contribution < 1.29 is 0 Å². The molecule has 1 N–H and O–H groups in total. The van der Waals surface area contributed by atoms with Gasteiger partial charge in [-0.2, -0.15) is 0 Å². The van der Waals surface area contributed by atoms with Gasteiger partial charge in [0.15, 0.2) is 0 Å². The molecule has 1 aliphatic carbocycles. The van der Waals surface area contributed by atoms with Crippen LogP contribution in [0.5, 0.6) is 0 Å². The van der Waals surface area contributed by atoms with E-state index in [4.69, 9.17) is 11.6 Å². The summed E-state index contributed by atoms with van der Waals surface area (Å²) >= 11 is 6.08. The first kappa shape index (κ1) is 16.8. The lowest BCUT2D eigenvalue weighted by molar-refractivity contribution is 0.222. The molecule has 1 aromatic carbocycles. The maximum absolute atomic E-state index is 6.08. The Bertz CT molecular complexity index is 429. The molecule has 1 saturated carbocycles. The summed E-state index contributed by atoms with van der Waals surface area (Å²) in [6.07, 6.45) is 3.72. The lowest BCUT2D eigenvalue weighted by atomic mass is 9.75. The normalized spacial score (nSPS) is 23.4. The van der Waals surface area contributed by atoms with E-state index < -0.39 is 0 Å². The van der Waals surface area contributed by atoms with Gasteiger partial charge in [0.1, 0.15) is 0 Å². The molecule has 2 rings (SSSR count). The first-order valence-electron chi connectivity index (χ1n) is 8.10. The van der Waals surface area contributed by atoms with Crippen LogP contribution in [0.1, 0.15) is 44.6 Å². The Morgan fingerprint density at radius 2 is 2.00 bits per heavy atom. The van der Waals surface area contributed by atoms with Crippen molar-refractivity contribution in [3.63, 3.8) is 0 Å². The van der Waals surface area contributed by atoms with E-state index >= 15 is 0 Å². The Morgan fingerprint density at radius 3 is 2.57 bits per heavy atom. The molecule has 0 radical (unpaired) electrons. The standard InChI is InChI=1S/C18H29ClN2/c1-13(2)8-18(12-21(3)4)20-17-10-15(11-17)14-6-5-7-16(19)9-14/h5-7,9,13,15,17-18,20H,8,10-12H2,1-4H3. The molecule has 0 saturated heterocycles. The highest BCUT2D eigenvalue weighted by atomic mass is 35.5. The molecule has 0 amide bonds. The van der Waals surface area contributed by atoms with Crippen LogP contribution < -0.4 is 5.32 Å². The van der Waals surface area contributed by atoms with Crippen LogP contribution in [0.2, 0.25) is 5.02 Å². The number of halogens is 1. The molecule has 1 atom stereocenters. The van der Waals surface area contributed by atoms with Gasteiger partial charge in [-0.25, -0.2) is 0 Å². The maximum Gasteiger partial charge on any atom is 0.0408 e. The lowest BCUT2D eigenvalue weighted by Gasteiger charge is -2.40. The van der Waals surface area contributed by atoms with Gasteiger partial charge in [-0.05, 0) is 62.9 Å². The van der Waals surface area contributed by atoms with Crippen molar-refractivity contribution in [3.05, 3.63) is 34.9 Å². The van der Waals surface area contributed by atoms with Gasteiger partial charge in [0, 0.05) is 23.7 Å². The van der Waals surface area contributed by atoms with E-state index in [1.54, 1.807) is 0 Å². The molecule has 1 fully saturated rings. The third-order valence-corrected chi connectivity index (χ3v) is 4.51. The van der Waals surface area contributed by atoms with Crippen LogP contribution in [-0.2, 0) is 0 Å². The molecule has 0 heterocycles. The number of likely N-dealkylation sites (N-methyl/N-ethyl adjacent to an activating group) is 1. The number of rotatable bonds is 7. The van der Waals surface area contributed by atoms with Gasteiger partial charge in [-0.3, -0.25) is 0 Å². The molecular weight excluding hydrogens is 280 g/mol. The summed E-state index contributed by atoms with van der Waals surface area (Å²) in [5.41, 5.74) is 1.40. The van der Waals surface area contributed by atoms with Crippen molar-refractivity contribution in [2.24, 2.45) is 5.92 Å². The summed E-state index contributed by atoms with van der Waals surface area (Å²) in [4.78, 5) is 2.28. The largest absolute Gasteiger partial charge is 0.310 e. The first-order chi connectivity index (χ1) is 9.94. The highest BCUT2D eigenvalue weighted by Crippen LogP contribution is 2.38. The van der Waals surface area contributed by atoms with Gasteiger partial charge >= 0.3 is 0 Å². The van der Waals surface area contributed by atoms with Crippen LogP contribution in [0.25, 0.3) is 0 Å². The van der Waals surface area contributed by atoms with Gasteiger partial charge in [0.05, 0.1) is 0 Å². The van der Waals surface area contributed by atoms with E-state index in [2.05, 4.69) is 56.4 Å². The fraction of sp³-hybridized carbons (Fsp3) is 0.667. The zero-order valence-electron chi connectivity index (χ0n) is 13.8. The van der Waals surface area contributed by atoms with Crippen molar-refractivity contribution in [2.45, 2.75) is 51.1 Å². The molecule has 21 heavy (non-hydrogen) atoms. The molecule has 3 heteroatoms.